The molecule has 0 spiro atoms. The van der Waals surface area contributed by atoms with E-state index in [4.69, 9.17) is 4.74 Å². The van der Waals surface area contributed by atoms with Crippen LogP contribution in [0.1, 0.15) is 20.9 Å². The summed E-state index contributed by atoms with van der Waals surface area (Å²) in [7, 11) is 1.58. The van der Waals surface area contributed by atoms with Crippen molar-refractivity contribution in [3.05, 3.63) is 56.3 Å². The fourth-order valence-corrected chi connectivity index (χ4v) is 4.38. The van der Waals surface area contributed by atoms with Crippen molar-refractivity contribution < 1.29 is 9.53 Å². The molecule has 1 aromatic carbocycles. The van der Waals surface area contributed by atoms with E-state index < -0.39 is 0 Å². The van der Waals surface area contributed by atoms with Gasteiger partial charge in [-0.25, -0.2) is 4.98 Å². The van der Waals surface area contributed by atoms with Crippen LogP contribution in [0.4, 0.5) is 0 Å². The molecule has 2 heterocycles. The number of nitrogens with zero attached hydrogens (tertiary/aromatic N) is 1. The van der Waals surface area contributed by atoms with Crippen LogP contribution in [0, 0.1) is 6.92 Å². The van der Waals surface area contributed by atoms with E-state index in [0.29, 0.717) is 17.9 Å². The number of hydrogen-bond donors (Lipinski definition) is 1. The minimum absolute atomic E-state index is 0.147. The molecule has 4 nitrogen and oxygen atoms in total. The molecule has 7 heteroatoms. The van der Waals surface area contributed by atoms with Gasteiger partial charge < -0.3 is 10.1 Å². The number of methoxy groups -OCH3 is 1. The number of amides is 1. The molecule has 2 aromatic heterocycles. The van der Waals surface area contributed by atoms with Crippen molar-refractivity contribution in [1.82, 2.24) is 10.3 Å². The number of carbonyl (C=O) groups excluding carboxylic acids is 1. The van der Waals surface area contributed by atoms with Crippen molar-refractivity contribution in [2.45, 2.75) is 13.5 Å². The lowest BCUT2D eigenvalue weighted by Gasteiger charge is -2.08. The van der Waals surface area contributed by atoms with Gasteiger partial charge in [0.05, 0.1) is 29.8 Å². The molecule has 0 bridgehead atoms. The lowest BCUT2D eigenvalue weighted by molar-refractivity contribution is 0.0950. The molecule has 0 aliphatic carbocycles. The van der Waals surface area contributed by atoms with Crippen LogP contribution < -0.4 is 10.1 Å². The van der Waals surface area contributed by atoms with Crippen molar-refractivity contribution in [3.63, 3.8) is 0 Å². The zero-order chi connectivity index (χ0) is 17.1. The highest BCUT2D eigenvalue weighted by Gasteiger charge is 2.14. The molecule has 0 fully saturated rings. The average molecular weight is 423 g/mol. The summed E-state index contributed by atoms with van der Waals surface area (Å²) in [5.41, 5.74) is 1.50. The van der Waals surface area contributed by atoms with E-state index in [1.54, 1.807) is 41.9 Å². The van der Waals surface area contributed by atoms with E-state index in [2.05, 4.69) is 32.3 Å². The van der Waals surface area contributed by atoms with Gasteiger partial charge in [0.15, 0.2) is 0 Å². The Morgan fingerprint density at radius 3 is 2.92 bits per heavy atom. The molecular formula is C17H15BrN2O2S2. The van der Waals surface area contributed by atoms with Crippen molar-refractivity contribution >= 4 is 44.5 Å². The first-order valence-corrected chi connectivity index (χ1v) is 9.69. The molecule has 0 atom stereocenters. The highest BCUT2D eigenvalue weighted by molar-refractivity contribution is 9.10. The summed E-state index contributed by atoms with van der Waals surface area (Å²) in [6.07, 6.45) is 0. The van der Waals surface area contributed by atoms with Crippen molar-refractivity contribution in [2.24, 2.45) is 0 Å². The predicted molar refractivity (Wildman–Crippen MR) is 102 cm³/mol. The molecule has 0 aliphatic heterocycles. The van der Waals surface area contributed by atoms with Gasteiger partial charge >= 0.3 is 0 Å². The molecule has 24 heavy (non-hydrogen) atoms. The number of rotatable bonds is 5. The van der Waals surface area contributed by atoms with Gasteiger partial charge in [-0.15, -0.1) is 22.7 Å². The molecule has 0 saturated carbocycles. The SMILES string of the molecule is COc1ccc(Br)c(C(=O)NCc2sc(-c3cccs3)nc2C)c1. The first kappa shape index (κ1) is 17.1. The van der Waals surface area contributed by atoms with Gasteiger partial charge in [-0.05, 0) is 52.5 Å². The molecule has 0 saturated heterocycles. The predicted octanol–water partition coefficient (Wildman–Crippen LogP) is 4.88. The minimum atomic E-state index is -0.147. The second kappa shape index (κ2) is 7.46. The van der Waals surface area contributed by atoms with E-state index in [-0.39, 0.29) is 5.91 Å². The van der Waals surface area contributed by atoms with E-state index >= 15 is 0 Å². The Bertz CT molecular complexity index is 860. The molecule has 124 valence electrons. The number of thiazole rings is 1. The van der Waals surface area contributed by atoms with E-state index in [0.717, 1.165) is 24.9 Å². The third kappa shape index (κ3) is 3.68. The fraction of sp³-hybridized carbons (Fsp3) is 0.176. The van der Waals surface area contributed by atoms with Crippen LogP contribution in [0.15, 0.2) is 40.2 Å². The zero-order valence-electron chi connectivity index (χ0n) is 13.1. The van der Waals surface area contributed by atoms with Crippen LogP contribution >= 0.6 is 38.6 Å². The van der Waals surface area contributed by atoms with E-state index in [9.17, 15) is 4.79 Å². The van der Waals surface area contributed by atoms with Gasteiger partial charge in [-0.3, -0.25) is 4.79 Å². The van der Waals surface area contributed by atoms with Gasteiger partial charge in [-0.2, -0.15) is 0 Å². The van der Waals surface area contributed by atoms with Crippen molar-refractivity contribution in [1.29, 1.82) is 0 Å². The maximum Gasteiger partial charge on any atom is 0.252 e. The Kier molecular flexibility index (Phi) is 5.33. The first-order valence-electron chi connectivity index (χ1n) is 7.20. The van der Waals surface area contributed by atoms with Crippen LogP contribution in [0.2, 0.25) is 0 Å². The second-order valence-electron chi connectivity index (χ2n) is 5.03. The second-order valence-corrected chi connectivity index (χ2v) is 7.92. The van der Waals surface area contributed by atoms with Gasteiger partial charge in [-0.1, -0.05) is 6.07 Å². The Balaban J connectivity index is 1.73. The molecule has 0 aliphatic rings. The lowest BCUT2D eigenvalue weighted by Crippen LogP contribution is -2.23. The highest BCUT2D eigenvalue weighted by Crippen LogP contribution is 2.31. The maximum absolute atomic E-state index is 12.4. The molecule has 3 aromatic rings. The Labute approximate surface area is 156 Å². The number of nitrogens with one attached hydrogen (secondary N) is 1. The van der Waals surface area contributed by atoms with Crippen LogP contribution in [0.5, 0.6) is 5.75 Å². The topological polar surface area (TPSA) is 51.2 Å². The summed E-state index contributed by atoms with van der Waals surface area (Å²) >= 11 is 6.69. The number of benzene rings is 1. The number of aryl methyl sites for hydroxylation is 1. The molecule has 1 N–H and O–H groups in total. The summed E-state index contributed by atoms with van der Waals surface area (Å²) in [5.74, 6) is 0.503. The molecule has 0 unspecified atom stereocenters. The third-order valence-corrected chi connectivity index (χ3v) is 6.34. The van der Waals surface area contributed by atoms with Crippen molar-refractivity contribution in [3.8, 4) is 15.6 Å². The van der Waals surface area contributed by atoms with E-state index in [1.165, 1.54) is 0 Å². The van der Waals surface area contributed by atoms with Crippen LogP contribution in [0.3, 0.4) is 0 Å². The number of aromatic nitrogens is 1. The average Bonchev–Trinajstić information content (AvgIpc) is 3.23. The Hall–Kier alpha value is -1.70. The van der Waals surface area contributed by atoms with Gasteiger partial charge in [0.25, 0.3) is 5.91 Å². The Morgan fingerprint density at radius 1 is 1.38 bits per heavy atom. The molecule has 3 rings (SSSR count). The summed E-state index contributed by atoms with van der Waals surface area (Å²) in [6.45, 7) is 2.42. The quantitative estimate of drug-likeness (QED) is 0.637. The maximum atomic E-state index is 12.4. The summed E-state index contributed by atoms with van der Waals surface area (Å²) in [5, 5.41) is 5.99. The van der Waals surface area contributed by atoms with Gasteiger partial charge in [0, 0.05) is 9.35 Å². The third-order valence-electron chi connectivity index (χ3n) is 3.45. The molecular weight excluding hydrogens is 408 g/mol. The molecule has 1 amide bonds. The van der Waals surface area contributed by atoms with Crippen molar-refractivity contribution in [2.75, 3.05) is 7.11 Å². The smallest absolute Gasteiger partial charge is 0.252 e. The normalized spacial score (nSPS) is 10.6. The summed E-state index contributed by atoms with van der Waals surface area (Å²) in [6, 6.07) is 9.40. The number of halogens is 1. The molecule has 0 radical (unpaired) electrons. The Morgan fingerprint density at radius 2 is 2.21 bits per heavy atom. The van der Waals surface area contributed by atoms with E-state index in [1.807, 2.05) is 24.4 Å². The summed E-state index contributed by atoms with van der Waals surface area (Å²) in [4.78, 5) is 19.3. The van der Waals surface area contributed by atoms with Gasteiger partial charge in [0.2, 0.25) is 0 Å². The lowest BCUT2D eigenvalue weighted by atomic mass is 10.2. The highest BCUT2D eigenvalue weighted by atomic mass is 79.9. The van der Waals surface area contributed by atoms with Crippen LogP contribution in [-0.4, -0.2) is 18.0 Å². The van der Waals surface area contributed by atoms with Crippen LogP contribution in [0.25, 0.3) is 9.88 Å². The van der Waals surface area contributed by atoms with Crippen LogP contribution in [-0.2, 0) is 6.54 Å². The van der Waals surface area contributed by atoms with Gasteiger partial charge in [0.1, 0.15) is 10.8 Å². The monoisotopic (exact) mass is 422 g/mol. The fourth-order valence-electron chi connectivity index (χ4n) is 2.16. The number of hydrogen-bond acceptors (Lipinski definition) is 5. The minimum Gasteiger partial charge on any atom is -0.497 e. The number of ether oxygens (including phenoxy) is 1. The number of carbonyl (C=O) groups is 1. The summed E-state index contributed by atoms with van der Waals surface area (Å²) < 4.78 is 5.92. The standard InChI is InChI=1S/C17H15BrN2O2S2/c1-10-15(24-17(20-10)14-4-3-7-23-14)9-19-16(21)12-8-11(22-2)5-6-13(12)18/h3-8H,9H2,1-2H3,(H,19,21). The number of thiophene rings is 1. The zero-order valence-corrected chi connectivity index (χ0v) is 16.3. The first-order chi connectivity index (χ1) is 11.6. The largest absolute Gasteiger partial charge is 0.497 e.